The fourth-order valence-corrected chi connectivity index (χ4v) is 3.66. The van der Waals surface area contributed by atoms with E-state index < -0.39 is 0 Å². The van der Waals surface area contributed by atoms with Crippen molar-refractivity contribution >= 4 is 34.5 Å². The summed E-state index contributed by atoms with van der Waals surface area (Å²) in [5.74, 6) is 0.846. The molecule has 0 bridgehead atoms. The molecule has 0 N–H and O–H groups in total. The van der Waals surface area contributed by atoms with Crippen LogP contribution in [0.1, 0.15) is 42.4 Å². The summed E-state index contributed by atoms with van der Waals surface area (Å²) in [6.45, 7) is 0. The predicted molar refractivity (Wildman–Crippen MR) is 64.5 cm³/mol. The highest BCUT2D eigenvalue weighted by molar-refractivity contribution is 7.16. The van der Waals surface area contributed by atoms with Gasteiger partial charge in [0.15, 0.2) is 0 Å². The zero-order valence-electron chi connectivity index (χ0n) is 8.01. The SMILES string of the molecule is Clc1ccc(C(Cl)CC2CCCC2)s1. The van der Waals surface area contributed by atoms with Crippen LogP contribution in [-0.2, 0) is 0 Å². The minimum absolute atomic E-state index is 0.176. The Bertz CT molecular complexity index is 289. The summed E-state index contributed by atoms with van der Waals surface area (Å²) in [4.78, 5) is 1.23. The van der Waals surface area contributed by atoms with E-state index in [1.165, 1.54) is 30.6 Å². The fourth-order valence-electron chi connectivity index (χ4n) is 2.15. The summed E-state index contributed by atoms with van der Waals surface area (Å²) in [6, 6.07) is 3.99. The number of halogens is 2. The minimum atomic E-state index is 0.176. The Morgan fingerprint density at radius 1 is 1.36 bits per heavy atom. The lowest BCUT2D eigenvalue weighted by Gasteiger charge is -2.12. The van der Waals surface area contributed by atoms with Crippen molar-refractivity contribution in [3.05, 3.63) is 21.3 Å². The van der Waals surface area contributed by atoms with Gasteiger partial charge in [-0.25, -0.2) is 0 Å². The Morgan fingerprint density at radius 3 is 2.64 bits per heavy atom. The van der Waals surface area contributed by atoms with Gasteiger partial charge in [0, 0.05) is 4.88 Å². The van der Waals surface area contributed by atoms with Gasteiger partial charge in [0.25, 0.3) is 0 Å². The van der Waals surface area contributed by atoms with E-state index in [1.54, 1.807) is 11.3 Å². The second-order valence-corrected chi connectivity index (χ2v) is 6.27. The van der Waals surface area contributed by atoms with Crippen LogP contribution in [0.3, 0.4) is 0 Å². The van der Waals surface area contributed by atoms with Gasteiger partial charge in [0.1, 0.15) is 0 Å². The zero-order chi connectivity index (χ0) is 9.97. The van der Waals surface area contributed by atoms with Gasteiger partial charge in [-0.3, -0.25) is 0 Å². The third-order valence-electron chi connectivity index (χ3n) is 2.92. The molecular weight excluding hydrogens is 235 g/mol. The summed E-state index contributed by atoms with van der Waals surface area (Å²) in [5, 5.41) is 0.176. The molecule has 1 fully saturated rings. The number of thiophene rings is 1. The molecule has 0 amide bonds. The monoisotopic (exact) mass is 248 g/mol. The van der Waals surface area contributed by atoms with Crippen molar-refractivity contribution in [3.63, 3.8) is 0 Å². The van der Waals surface area contributed by atoms with Crippen LogP contribution in [0.25, 0.3) is 0 Å². The smallest absolute Gasteiger partial charge is 0.0931 e. The topological polar surface area (TPSA) is 0 Å². The lowest BCUT2D eigenvalue weighted by Crippen LogP contribution is -1.97. The van der Waals surface area contributed by atoms with Crippen molar-refractivity contribution in [2.24, 2.45) is 5.92 Å². The van der Waals surface area contributed by atoms with E-state index in [1.807, 2.05) is 6.07 Å². The molecule has 1 aliphatic rings. The molecule has 1 unspecified atom stereocenters. The number of hydrogen-bond donors (Lipinski definition) is 0. The van der Waals surface area contributed by atoms with Crippen molar-refractivity contribution in [1.29, 1.82) is 0 Å². The van der Waals surface area contributed by atoms with Crippen LogP contribution in [0, 0.1) is 5.92 Å². The van der Waals surface area contributed by atoms with E-state index in [2.05, 4.69) is 6.07 Å². The summed E-state index contributed by atoms with van der Waals surface area (Å²) < 4.78 is 0.845. The zero-order valence-corrected chi connectivity index (χ0v) is 10.3. The van der Waals surface area contributed by atoms with Crippen LogP contribution < -0.4 is 0 Å². The second-order valence-electron chi connectivity index (χ2n) is 4.00. The van der Waals surface area contributed by atoms with E-state index >= 15 is 0 Å². The van der Waals surface area contributed by atoms with Crippen LogP contribution in [0.2, 0.25) is 4.34 Å². The van der Waals surface area contributed by atoms with Crippen LogP contribution in [-0.4, -0.2) is 0 Å². The Kier molecular flexibility index (Phi) is 3.75. The molecule has 78 valence electrons. The standard InChI is InChI=1S/C11H14Cl2S/c12-9(7-8-3-1-2-4-8)10-5-6-11(13)14-10/h5-6,8-9H,1-4,7H2. The van der Waals surface area contributed by atoms with Crippen LogP contribution in [0.5, 0.6) is 0 Å². The van der Waals surface area contributed by atoms with E-state index in [9.17, 15) is 0 Å². The number of rotatable bonds is 3. The van der Waals surface area contributed by atoms with Crippen LogP contribution >= 0.6 is 34.5 Å². The highest BCUT2D eigenvalue weighted by Crippen LogP contribution is 2.39. The van der Waals surface area contributed by atoms with Gasteiger partial charge >= 0.3 is 0 Å². The predicted octanol–water partition coefficient (Wildman–Crippen LogP) is 5.26. The first kappa shape index (κ1) is 10.8. The molecule has 0 aromatic carbocycles. The molecule has 1 aromatic rings. The van der Waals surface area contributed by atoms with Gasteiger partial charge in [-0.1, -0.05) is 37.3 Å². The van der Waals surface area contributed by atoms with E-state index in [0.29, 0.717) is 0 Å². The lowest BCUT2D eigenvalue weighted by atomic mass is 10.0. The maximum absolute atomic E-state index is 6.35. The normalized spacial score (nSPS) is 20.1. The quantitative estimate of drug-likeness (QED) is 0.641. The maximum Gasteiger partial charge on any atom is 0.0931 e. The summed E-state index contributed by atoms with van der Waals surface area (Å²) in [7, 11) is 0. The summed E-state index contributed by atoms with van der Waals surface area (Å²) >= 11 is 13.8. The molecule has 1 aromatic heterocycles. The third kappa shape index (κ3) is 2.65. The van der Waals surface area contributed by atoms with E-state index in [4.69, 9.17) is 23.2 Å². The molecule has 0 radical (unpaired) electrons. The van der Waals surface area contributed by atoms with E-state index in [0.717, 1.165) is 16.7 Å². The molecule has 0 nitrogen and oxygen atoms in total. The van der Waals surface area contributed by atoms with Gasteiger partial charge < -0.3 is 0 Å². The average molecular weight is 249 g/mol. The summed E-state index contributed by atoms with van der Waals surface area (Å²) in [6.07, 6.45) is 6.63. The molecule has 1 atom stereocenters. The average Bonchev–Trinajstić information content (AvgIpc) is 2.75. The first-order valence-corrected chi connectivity index (χ1v) is 6.78. The fraction of sp³-hybridized carbons (Fsp3) is 0.636. The van der Waals surface area contributed by atoms with Gasteiger partial charge in [-0.2, -0.15) is 0 Å². The Balaban J connectivity index is 1.91. The highest BCUT2D eigenvalue weighted by atomic mass is 35.5. The van der Waals surface area contributed by atoms with Gasteiger partial charge in [0.2, 0.25) is 0 Å². The molecule has 0 saturated heterocycles. The Hall–Kier alpha value is 0.280. The van der Waals surface area contributed by atoms with Crippen molar-refractivity contribution in [1.82, 2.24) is 0 Å². The molecule has 1 heterocycles. The van der Waals surface area contributed by atoms with Crippen LogP contribution in [0.15, 0.2) is 12.1 Å². The first-order valence-electron chi connectivity index (χ1n) is 5.15. The van der Waals surface area contributed by atoms with Crippen molar-refractivity contribution < 1.29 is 0 Å². The van der Waals surface area contributed by atoms with Crippen molar-refractivity contribution in [2.75, 3.05) is 0 Å². The molecule has 3 heteroatoms. The Labute approximate surface area is 99.2 Å². The maximum atomic E-state index is 6.35. The molecule has 0 spiro atoms. The van der Waals surface area contributed by atoms with Crippen molar-refractivity contribution in [3.8, 4) is 0 Å². The lowest BCUT2D eigenvalue weighted by molar-refractivity contribution is 0.498. The van der Waals surface area contributed by atoms with E-state index in [-0.39, 0.29) is 5.38 Å². The molecule has 14 heavy (non-hydrogen) atoms. The van der Waals surface area contributed by atoms with Gasteiger partial charge in [0.05, 0.1) is 9.71 Å². The molecule has 2 rings (SSSR count). The number of alkyl halides is 1. The summed E-state index contributed by atoms with van der Waals surface area (Å²) in [5.41, 5.74) is 0. The number of hydrogen-bond acceptors (Lipinski definition) is 1. The van der Waals surface area contributed by atoms with Gasteiger partial charge in [-0.15, -0.1) is 22.9 Å². The molecular formula is C11H14Cl2S. The minimum Gasteiger partial charge on any atom is -0.127 e. The molecule has 1 aliphatic carbocycles. The largest absolute Gasteiger partial charge is 0.127 e. The molecule has 0 aliphatic heterocycles. The first-order chi connectivity index (χ1) is 6.75. The third-order valence-corrected chi connectivity index (χ3v) is 4.81. The Morgan fingerprint density at radius 2 is 2.07 bits per heavy atom. The van der Waals surface area contributed by atoms with Crippen LogP contribution in [0.4, 0.5) is 0 Å². The second kappa shape index (κ2) is 4.87. The highest BCUT2D eigenvalue weighted by Gasteiger charge is 2.20. The van der Waals surface area contributed by atoms with Crippen molar-refractivity contribution in [2.45, 2.75) is 37.5 Å². The molecule has 1 saturated carbocycles. The van der Waals surface area contributed by atoms with Gasteiger partial charge in [-0.05, 0) is 24.5 Å².